The van der Waals surface area contributed by atoms with Crippen LogP contribution in [0.5, 0.6) is 0 Å². The molecule has 0 aliphatic carbocycles. The molecule has 1 unspecified atom stereocenters. The van der Waals surface area contributed by atoms with Crippen LogP contribution in [0.25, 0.3) is 0 Å². The first-order valence-electron chi connectivity index (χ1n) is 5.62. The third kappa shape index (κ3) is 3.17. The van der Waals surface area contributed by atoms with Crippen LogP contribution in [0.2, 0.25) is 5.02 Å². The van der Waals surface area contributed by atoms with Crippen molar-refractivity contribution in [2.24, 2.45) is 0 Å². The fraction of sp³-hybridized carbons (Fsp3) is 0.417. The molecule has 0 radical (unpaired) electrons. The van der Waals surface area contributed by atoms with Gasteiger partial charge < -0.3 is 10.6 Å². The summed E-state index contributed by atoms with van der Waals surface area (Å²) in [5.74, 6) is -0.434. The molecule has 1 aliphatic rings. The van der Waals surface area contributed by atoms with Gasteiger partial charge in [0.15, 0.2) is 0 Å². The number of nitrogens with one attached hydrogen (secondary N) is 2. The Balaban J connectivity index is 1.92. The van der Waals surface area contributed by atoms with Gasteiger partial charge in [0.05, 0.1) is 6.04 Å². The van der Waals surface area contributed by atoms with Crippen molar-refractivity contribution < 1.29 is 9.18 Å². The molecule has 2 rings (SSSR count). The van der Waals surface area contributed by atoms with Gasteiger partial charge in [-0.05, 0) is 37.6 Å². The van der Waals surface area contributed by atoms with Crippen molar-refractivity contribution >= 4 is 17.5 Å². The SMILES string of the molecule is O=C(NCc1cc(Cl)ccc1F)C1CCCN1. The Labute approximate surface area is 104 Å². The molecule has 3 nitrogen and oxygen atoms in total. The predicted molar refractivity (Wildman–Crippen MR) is 64.3 cm³/mol. The molecule has 1 heterocycles. The maximum Gasteiger partial charge on any atom is 0.237 e. The zero-order valence-corrected chi connectivity index (χ0v) is 10.1. The van der Waals surface area contributed by atoms with Crippen molar-refractivity contribution in [2.75, 3.05) is 6.54 Å². The highest BCUT2D eigenvalue weighted by Crippen LogP contribution is 2.14. The number of hydrogen-bond acceptors (Lipinski definition) is 2. The van der Waals surface area contributed by atoms with Gasteiger partial charge in [-0.25, -0.2) is 4.39 Å². The lowest BCUT2D eigenvalue weighted by molar-refractivity contribution is -0.122. The summed E-state index contributed by atoms with van der Waals surface area (Å²) in [5, 5.41) is 6.26. The second-order valence-corrected chi connectivity index (χ2v) is 4.54. The van der Waals surface area contributed by atoms with E-state index in [4.69, 9.17) is 11.6 Å². The van der Waals surface area contributed by atoms with E-state index in [1.807, 2.05) is 0 Å². The minimum atomic E-state index is -0.353. The van der Waals surface area contributed by atoms with E-state index < -0.39 is 0 Å². The third-order valence-electron chi connectivity index (χ3n) is 2.84. The standard InChI is InChI=1S/C12H14ClFN2O/c13-9-3-4-10(14)8(6-9)7-16-12(17)11-2-1-5-15-11/h3-4,6,11,15H,1-2,5,7H2,(H,16,17). The van der Waals surface area contributed by atoms with Gasteiger partial charge in [0.1, 0.15) is 5.82 Å². The third-order valence-corrected chi connectivity index (χ3v) is 3.07. The number of benzene rings is 1. The zero-order valence-electron chi connectivity index (χ0n) is 9.30. The first-order chi connectivity index (χ1) is 8.16. The van der Waals surface area contributed by atoms with E-state index in [1.165, 1.54) is 18.2 Å². The van der Waals surface area contributed by atoms with Crippen LogP contribution in [0.3, 0.4) is 0 Å². The van der Waals surface area contributed by atoms with Crippen molar-refractivity contribution in [1.29, 1.82) is 0 Å². The van der Waals surface area contributed by atoms with Gasteiger partial charge in [0.2, 0.25) is 5.91 Å². The number of halogens is 2. The van der Waals surface area contributed by atoms with Crippen LogP contribution in [-0.2, 0) is 11.3 Å². The van der Waals surface area contributed by atoms with E-state index in [9.17, 15) is 9.18 Å². The molecule has 17 heavy (non-hydrogen) atoms. The highest BCUT2D eigenvalue weighted by atomic mass is 35.5. The summed E-state index contributed by atoms with van der Waals surface area (Å²) in [7, 11) is 0. The second kappa shape index (κ2) is 5.47. The predicted octanol–water partition coefficient (Wildman–Crippen LogP) is 1.85. The monoisotopic (exact) mass is 256 g/mol. The van der Waals surface area contributed by atoms with Crippen molar-refractivity contribution in [3.63, 3.8) is 0 Å². The summed E-state index contributed by atoms with van der Waals surface area (Å²) in [5.41, 5.74) is 0.406. The van der Waals surface area contributed by atoms with Crippen LogP contribution < -0.4 is 10.6 Å². The normalized spacial score (nSPS) is 19.3. The molecule has 0 bridgehead atoms. The molecule has 1 amide bonds. The Morgan fingerprint density at radius 1 is 1.59 bits per heavy atom. The van der Waals surface area contributed by atoms with Gasteiger partial charge in [-0.2, -0.15) is 0 Å². The van der Waals surface area contributed by atoms with E-state index in [0.29, 0.717) is 10.6 Å². The maximum atomic E-state index is 13.4. The molecule has 1 aliphatic heterocycles. The van der Waals surface area contributed by atoms with Crippen LogP contribution in [0.15, 0.2) is 18.2 Å². The highest BCUT2D eigenvalue weighted by molar-refractivity contribution is 6.30. The highest BCUT2D eigenvalue weighted by Gasteiger charge is 2.21. The van der Waals surface area contributed by atoms with Crippen molar-refractivity contribution in [3.05, 3.63) is 34.6 Å². The maximum absolute atomic E-state index is 13.4. The molecule has 5 heteroatoms. The summed E-state index contributed by atoms with van der Waals surface area (Å²) in [6.45, 7) is 1.03. The smallest absolute Gasteiger partial charge is 0.237 e. The molecule has 1 atom stereocenters. The second-order valence-electron chi connectivity index (χ2n) is 4.10. The van der Waals surface area contributed by atoms with E-state index >= 15 is 0 Å². The minimum absolute atomic E-state index is 0.0816. The topological polar surface area (TPSA) is 41.1 Å². The molecule has 0 saturated carbocycles. The van der Waals surface area contributed by atoms with E-state index in [0.717, 1.165) is 19.4 Å². The summed E-state index contributed by atoms with van der Waals surface area (Å²) in [4.78, 5) is 11.7. The first kappa shape index (κ1) is 12.3. The largest absolute Gasteiger partial charge is 0.351 e. The van der Waals surface area contributed by atoms with E-state index in [2.05, 4.69) is 10.6 Å². The molecule has 1 saturated heterocycles. The lowest BCUT2D eigenvalue weighted by Gasteiger charge is -2.11. The van der Waals surface area contributed by atoms with Gasteiger partial charge >= 0.3 is 0 Å². The van der Waals surface area contributed by atoms with Crippen LogP contribution in [0.1, 0.15) is 18.4 Å². The number of rotatable bonds is 3. The molecule has 2 N–H and O–H groups in total. The van der Waals surface area contributed by atoms with E-state index in [1.54, 1.807) is 0 Å². The first-order valence-corrected chi connectivity index (χ1v) is 5.99. The summed E-state index contributed by atoms with van der Waals surface area (Å²) in [6, 6.07) is 4.18. The fourth-order valence-electron chi connectivity index (χ4n) is 1.89. The molecule has 1 aromatic carbocycles. The Kier molecular flexibility index (Phi) is 3.97. The van der Waals surface area contributed by atoms with Crippen molar-refractivity contribution in [3.8, 4) is 0 Å². The van der Waals surface area contributed by atoms with Gasteiger partial charge in [-0.15, -0.1) is 0 Å². The van der Waals surface area contributed by atoms with Crippen LogP contribution in [-0.4, -0.2) is 18.5 Å². The zero-order chi connectivity index (χ0) is 12.3. The van der Waals surface area contributed by atoms with Crippen LogP contribution in [0, 0.1) is 5.82 Å². The number of amides is 1. The molecule has 1 fully saturated rings. The Bertz CT molecular complexity index is 419. The summed E-state index contributed by atoms with van der Waals surface area (Å²) in [6.07, 6.45) is 1.84. The summed E-state index contributed by atoms with van der Waals surface area (Å²) < 4.78 is 13.4. The van der Waals surface area contributed by atoms with Gasteiger partial charge in [-0.3, -0.25) is 4.79 Å². The van der Waals surface area contributed by atoms with Crippen molar-refractivity contribution in [2.45, 2.75) is 25.4 Å². The molecule has 0 aromatic heterocycles. The van der Waals surface area contributed by atoms with Crippen LogP contribution >= 0.6 is 11.6 Å². The fourth-order valence-corrected chi connectivity index (χ4v) is 2.09. The number of carbonyl (C=O) groups excluding carboxylic acids is 1. The average molecular weight is 257 g/mol. The Morgan fingerprint density at radius 2 is 2.41 bits per heavy atom. The Morgan fingerprint density at radius 3 is 3.12 bits per heavy atom. The Hall–Kier alpha value is -1.13. The van der Waals surface area contributed by atoms with Crippen LogP contribution in [0.4, 0.5) is 4.39 Å². The lowest BCUT2D eigenvalue weighted by Crippen LogP contribution is -2.40. The van der Waals surface area contributed by atoms with E-state index in [-0.39, 0.29) is 24.3 Å². The number of hydrogen-bond donors (Lipinski definition) is 2. The molecule has 0 spiro atoms. The quantitative estimate of drug-likeness (QED) is 0.867. The van der Waals surface area contributed by atoms with Gasteiger partial charge in [0, 0.05) is 17.1 Å². The summed E-state index contributed by atoms with van der Waals surface area (Å²) >= 11 is 5.77. The van der Waals surface area contributed by atoms with Gasteiger partial charge in [0.25, 0.3) is 0 Å². The minimum Gasteiger partial charge on any atom is -0.351 e. The molecule has 1 aromatic rings. The van der Waals surface area contributed by atoms with Crippen molar-refractivity contribution in [1.82, 2.24) is 10.6 Å². The average Bonchev–Trinajstić information content (AvgIpc) is 2.83. The van der Waals surface area contributed by atoms with Gasteiger partial charge in [-0.1, -0.05) is 11.6 Å². The molecular weight excluding hydrogens is 243 g/mol. The molecular formula is C12H14ClFN2O. The lowest BCUT2D eigenvalue weighted by atomic mass is 10.2. The molecule has 92 valence electrons. The number of carbonyl (C=O) groups is 1.